The van der Waals surface area contributed by atoms with E-state index in [1.165, 1.54) is 33.1 Å². The Labute approximate surface area is 417 Å². The zero-order valence-corrected chi connectivity index (χ0v) is 41.3. The van der Waals surface area contributed by atoms with E-state index in [9.17, 15) is 34.5 Å². The van der Waals surface area contributed by atoms with Crippen LogP contribution in [0.1, 0.15) is 76.6 Å². The fraction of sp³-hybridized carbons (Fsp3) is 0.469. The van der Waals surface area contributed by atoms with E-state index in [1.807, 2.05) is 26.3 Å². The molecule has 0 bridgehead atoms. The lowest BCUT2D eigenvalue weighted by Gasteiger charge is -2.42. The van der Waals surface area contributed by atoms with Gasteiger partial charge in [-0.3, -0.25) is 4.84 Å². The summed E-state index contributed by atoms with van der Waals surface area (Å²) in [6.45, 7) is 13.6. The number of amides is 1. The monoisotopic (exact) mass is 1030 g/mol. The molecule has 2 aromatic heterocycles. The number of hydroxylamine groups is 1. The van der Waals surface area contributed by atoms with Gasteiger partial charge in [-0.25, -0.2) is 19.2 Å². The van der Waals surface area contributed by atoms with Crippen LogP contribution in [-0.4, -0.2) is 119 Å². The number of ether oxygens (including phenoxy) is 7. The van der Waals surface area contributed by atoms with Crippen molar-refractivity contribution in [1.29, 1.82) is 0 Å². The first-order chi connectivity index (χ1) is 33.9. The van der Waals surface area contributed by atoms with E-state index in [-0.39, 0.29) is 98.5 Å². The molecule has 24 nitrogen and oxygen atoms in total. The van der Waals surface area contributed by atoms with Gasteiger partial charge in [0.05, 0.1) is 34.4 Å². The first-order valence-corrected chi connectivity index (χ1v) is 22.4. The molecule has 1 amide bonds. The number of nitrogens with zero attached hydrogens (tertiary/aromatic N) is 2. The van der Waals surface area contributed by atoms with E-state index in [2.05, 4.69) is 22.2 Å². The van der Waals surface area contributed by atoms with Crippen LogP contribution in [0.15, 0.2) is 53.0 Å². The van der Waals surface area contributed by atoms with Crippen molar-refractivity contribution in [2.24, 2.45) is 22.1 Å². The number of fused-ring (bicyclic) bond motifs is 3. The highest BCUT2D eigenvalue weighted by molar-refractivity contribution is 6.05. The van der Waals surface area contributed by atoms with Crippen LogP contribution in [0, 0.1) is 50.4 Å². The zero-order valence-electron chi connectivity index (χ0n) is 41.3. The Morgan fingerprint density at radius 1 is 0.753 bits per heavy atom. The average Bonchev–Trinajstić information content (AvgIpc) is 3.74. The number of oxime groups is 2. The third-order valence-corrected chi connectivity index (χ3v) is 12.1. The second kappa shape index (κ2) is 25.2. The summed E-state index contributed by atoms with van der Waals surface area (Å²) in [5, 5.41) is 40.4. The van der Waals surface area contributed by atoms with Gasteiger partial charge in [-0.15, -0.1) is 12.8 Å². The lowest BCUT2D eigenvalue weighted by atomic mass is 9.89. The number of aromatic hydroxyl groups is 2. The van der Waals surface area contributed by atoms with Gasteiger partial charge >= 0.3 is 23.5 Å². The fourth-order valence-corrected chi connectivity index (χ4v) is 8.50. The quantitative estimate of drug-likeness (QED) is 0.0347. The number of hydrogen-bond donors (Lipinski definition) is 4. The first-order valence-electron chi connectivity index (χ1n) is 22.4. The van der Waals surface area contributed by atoms with Gasteiger partial charge in [-0.2, -0.15) is 5.48 Å². The van der Waals surface area contributed by atoms with Gasteiger partial charge in [-0.05, 0) is 64.8 Å². The topological polar surface area (TPSA) is 347 Å². The normalized spacial score (nSPS) is 24.4. The summed E-state index contributed by atoms with van der Waals surface area (Å²) in [5.74, 6) is 3.92. The maximum Gasteiger partial charge on any atom is 0.509 e. The number of aliphatic hydroxyl groups excluding tert-OH is 1. The SMILES string of the molecule is C#CCO/N=C(\C)c1c(O)c2ccc(OC3O[C@@H](CC)C(C)C(OC(=O)NOCC#C)C3O)c(C)c2oc1=O.CC[C@@H]1OC(Oc2ccc3c(O)c(/C(C)=N/OC)c(=O)oc3c2C)C2OC(=O)OC2C1C.O.O. The summed E-state index contributed by atoms with van der Waals surface area (Å²) in [7, 11) is 1.34. The highest BCUT2D eigenvalue weighted by Crippen LogP contribution is 2.40. The van der Waals surface area contributed by atoms with Gasteiger partial charge in [0.1, 0.15) is 65.1 Å². The molecular formula is C49H59N3O21. The molecule has 73 heavy (non-hydrogen) atoms. The molecule has 0 radical (unpaired) electrons. The number of terminal acetylenes is 2. The predicted molar refractivity (Wildman–Crippen MR) is 258 cm³/mol. The highest BCUT2D eigenvalue weighted by atomic mass is 16.8. The zero-order chi connectivity index (χ0) is 51.8. The van der Waals surface area contributed by atoms with Gasteiger partial charge in [0.15, 0.2) is 18.8 Å². The molecule has 396 valence electrons. The minimum Gasteiger partial charge on any atom is -0.506 e. The Kier molecular flexibility index (Phi) is 20.0. The molecule has 5 heterocycles. The number of hydrogen-bond acceptors (Lipinski definition) is 21. The van der Waals surface area contributed by atoms with E-state index in [0.29, 0.717) is 35.1 Å². The van der Waals surface area contributed by atoms with Crippen molar-refractivity contribution in [1.82, 2.24) is 5.48 Å². The van der Waals surface area contributed by atoms with Gasteiger partial charge in [0.2, 0.25) is 18.7 Å². The largest absolute Gasteiger partial charge is 0.509 e. The van der Waals surface area contributed by atoms with Crippen molar-refractivity contribution in [2.75, 3.05) is 20.3 Å². The van der Waals surface area contributed by atoms with Crippen LogP contribution < -0.4 is 26.2 Å². The molecule has 3 saturated heterocycles. The molecule has 4 aromatic rings. The van der Waals surface area contributed by atoms with Crippen molar-refractivity contribution in [3.05, 3.63) is 67.4 Å². The fourth-order valence-electron chi connectivity index (χ4n) is 8.50. The van der Waals surface area contributed by atoms with Crippen LogP contribution in [0.5, 0.6) is 23.0 Å². The number of rotatable bonds is 14. The summed E-state index contributed by atoms with van der Waals surface area (Å²) in [6.07, 6.45) is 3.38. The third kappa shape index (κ3) is 12.2. The molecule has 0 saturated carbocycles. The Morgan fingerprint density at radius 3 is 1.77 bits per heavy atom. The Balaban J connectivity index is 0.000000313. The Morgan fingerprint density at radius 2 is 1.25 bits per heavy atom. The minimum absolute atomic E-state index is 0. The predicted octanol–water partition coefficient (Wildman–Crippen LogP) is 3.93. The van der Waals surface area contributed by atoms with Crippen LogP contribution >= 0.6 is 0 Å². The summed E-state index contributed by atoms with van der Waals surface area (Å²) >= 11 is 0. The van der Waals surface area contributed by atoms with Crippen molar-refractivity contribution in [3.63, 3.8) is 0 Å². The van der Waals surface area contributed by atoms with E-state index in [1.54, 1.807) is 32.9 Å². The molecule has 10 atom stereocenters. The van der Waals surface area contributed by atoms with E-state index in [4.69, 9.17) is 69.4 Å². The highest BCUT2D eigenvalue weighted by Gasteiger charge is 2.53. The summed E-state index contributed by atoms with van der Waals surface area (Å²) < 4.78 is 51.0. The molecule has 7 rings (SSSR count). The minimum atomic E-state index is -1.39. The molecule has 8 unspecified atom stereocenters. The van der Waals surface area contributed by atoms with Gasteiger partial charge in [0.25, 0.3) is 0 Å². The molecule has 24 heteroatoms. The van der Waals surface area contributed by atoms with Gasteiger partial charge < -0.3 is 77.9 Å². The smallest absolute Gasteiger partial charge is 0.506 e. The maximum absolute atomic E-state index is 12.7. The van der Waals surface area contributed by atoms with Gasteiger partial charge in [0, 0.05) is 23.0 Å². The standard InChI is InChI=1S/C27H30N2O10.C22H25NO9.2H2O/c1-7-12-34-28-16(6)20-21(30)17-10-11-19(15(5)23(17)38-25(20)32)37-26-22(31)24(14(4)18(9-3)36-26)39-27(33)29-35-13-8-2;1-6-13-9(2)18-19(32-22(26)31-18)21(28-13)29-14-8-7-12-16(24)15(11(4)23-27-5)20(25)30-17(12)10(14)3;;/h1-2,10-11,14,18,22,24,26,30-31H,9,12-13H2,3-6H3,(H,29,33);7-9,13,18-19,21,24H,6H2,1-5H3;2*1H2/b28-16+;23-11+;;/t14?,18-,22?,24?,26?;9?,13-,18?,19?,21?;;/m00../s1. The number of nitrogens with one attached hydrogen (secondary N) is 1. The van der Waals surface area contributed by atoms with Crippen molar-refractivity contribution in [2.45, 2.75) is 117 Å². The molecule has 3 aliphatic heterocycles. The molecule has 2 aromatic carbocycles. The molecular weight excluding hydrogens is 967 g/mol. The van der Waals surface area contributed by atoms with E-state index in [0.717, 1.165) is 0 Å². The molecule has 0 aliphatic carbocycles. The number of carbonyl (C=O) groups is 2. The molecule has 8 N–H and O–H groups in total. The van der Waals surface area contributed by atoms with Crippen molar-refractivity contribution in [3.8, 4) is 47.7 Å². The number of benzene rings is 2. The number of carbonyl (C=O) groups excluding carboxylic acids is 2. The maximum atomic E-state index is 12.7. The van der Waals surface area contributed by atoms with Crippen LogP contribution in [0.4, 0.5) is 9.59 Å². The summed E-state index contributed by atoms with van der Waals surface area (Å²) in [5.41, 5.74) is 1.47. The van der Waals surface area contributed by atoms with Crippen molar-refractivity contribution < 1.29 is 92.4 Å². The Bertz CT molecular complexity index is 2900. The Hall–Kier alpha value is -7.58. The third-order valence-electron chi connectivity index (χ3n) is 12.1. The lowest BCUT2D eigenvalue weighted by molar-refractivity contribution is -0.255. The van der Waals surface area contributed by atoms with Crippen LogP contribution in [-0.2, 0) is 38.2 Å². The summed E-state index contributed by atoms with van der Waals surface area (Å²) in [6, 6.07) is 6.19. The van der Waals surface area contributed by atoms with Crippen molar-refractivity contribution >= 4 is 45.6 Å². The van der Waals surface area contributed by atoms with Crippen LogP contribution in [0.2, 0.25) is 0 Å². The second-order valence-electron chi connectivity index (χ2n) is 16.6. The van der Waals surface area contributed by atoms with E-state index < -0.39 is 66.6 Å². The first kappa shape index (κ1) is 58.0. The average molecular weight is 1030 g/mol. The number of aryl methyl sites for hydroxylation is 2. The molecule has 3 fully saturated rings. The molecule has 3 aliphatic rings. The van der Waals surface area contributed by atoms with Crippen LogP contribution in [0.3, 0.4) is 0 Å². The lowest BCUT2D eigenvalue weighted by Crippen LogP contribution is -2.57. The van der Waals surface area contributed by atoms with Crippen LogP contribution in [0.25, 0.3) is 21.9 Å². The summed E-state index contributed by atoms with van der Waals surface area (Å²) in [4.78, 5) is 63.5. The van der Waals surface area contributed by atoms with Gasteiger partial charge in [-0.1, -0.05) is 49.8 Å². The number of aliphatic hydroxyl groups is 1. The molecule has 0 spiro atoms. The second-order valence-corrected chi connectivity index (χ2v) is 16.6. The van der Waals surface area contributed by atoms with E-state index >= 15 is 0 Å².